The Hall–Kier alpha value is -2.95. The Balaban J connectivity index is 2.07. The van der Waals surface area contributed by atoms with Gasteiger partial charge >= 0.3 is 5.97 Å². The number of aryl methyl sites for hydroxylation is 1. The van der Waals surface area contributed by atoms with Gasteiger partial charge in [-0.25, -0.2) is 14.8 Å². The normalized spacial score (nSPS) is 12.0. The Morgan fingerprint density at radius 2 is 1.88 bits per heavy atom. The summed E-state index contributed by atoms with van der Waals surface area (Å²) in [6.07, 6.45) is 6.57. The third-order valence-electron chi connectivity index (χ3n) is 3.54. The van der Waals surface area contributed by atoms with Crippen LogP contribution in [0, 0.1) is 6.92 Å². The maximum Gasteiger partial charge on any atom is 0.331 e. The monoisotopic (exact) mass is 335 g/mol. The Morgan fingerprint density at radius 3 is 2.56 bits per heavy atom. The van der Waals surface area contributed by atoms with Gasteiger partial charge in [0.05, 0.1) is 11.2 Å². The van der Waals surface area contributed by atoms with Gasteiger partial charge in [-0.05, 0) is 57.5 Å². The summed E-state index contributed by atoms with van der Waals surface area (Å²) in [6.45, 7) is 7.57. The summed E-state index contributed by atoms with van der Waals surface area (Å²) in [6, 6.07) is 9.97. The fourth-order valence-electron chi connectivity index (χ4n) is 2.57. The maximum atomic E-state index is 12.0. The number of aromatic nitrogens is 3. The molecule has 0 spiro atoms. The van der Waals surface area contributed by atoms with Crippen molar-refractivity contribution in [2.24, 2.45) is 0 Å². The highest BCUT2D eigenvalue weighted by Gasteiger charge is 2.15. The number of hydrogen-bond acceptors (Lipinski definition) is 4. The molecule has 0 bridgehead atoms. The summed E-state index contributed by atoms with van der Waals surface area (Å²) in [4.78, 5) is 20.7. The van der Waals surface area contributed by atoms with E-state index >= 15 is 0 Å². The van der Waals surface area contributed by atoms with Crippen LogP contribution in [0.2, 0.25) is 0 Å². The number of hydrogen-bond donors (Lipinski definition) is 0. The molecule has 0 radical (unpaired) electrons. The van der Waals surface area contributed by atoms with Crippen LogP contribution in [-0.2, 0) is 9.53 Å². The number of rotatable bonds is 3. The Morgan fingerprint density at radius 1 is 1.16 bits per heavy atom. The quantitative estimate of drug-likeness (QED) is 0.534. The van der Waals surface area contributed by atoms with Crippen LogP contribution in [0.15, 0.2) is 48.8 Å². The van der Waals surface area contributed by atoms with Crippen molar-refractivity contribution in [3.63, 3.8) is 0 Å². The number of carbonyl (C=O) groups is 1. The molecule has 5 nitrogen and oxygen atoms in total. The predicted molar refractivity (Wildman–Crippen MR) is 98.5 cm³/mol. The summed E-state index contributed by atoms with van der Waals surface area (Å²) in [5.74, 6) is 0.182. The molecule has 25 heavy (non-hydrogen) atoms. The minimum absolute atomic E-state index is 0.380. The van der Waals surface area contributed by atoms with E-state index in [0.29, 0.717) is 5.95 Å². The maximum absolute atomic E-state index is 12.0. The molecule has 0 aliphatic heterocycles. The molecular formula is C20H21N3O2. The van der Waals surface area contributed by atoms with Gasteiger partial charge < -0.3 is 4.74 Å². The lowest BCUT2D eigenvalue weighted by atomic mass is 10.2. The van der Waals surface area contributed by atoms with Gasteiger partial charge in [0.15, 0.2) is 0 Å². The highest BCUT2D eigenvalue weighted by atomic mass is 16.6. The minimum Gasteiger partial charge on any atom is -0.457 e. The lowest BCUT2D eigenvalue weighted by Gasteiger charge is -2.17. The van der Waals surface area contributed by atoms with Crippen LogP contribution in [0.5, 0.6) is 0 Å². The minimum atomic E-state index is -0.520. The van der Waals surface area contributed by atoms with Gasteiger partial charge in [0.2, 0.25) is 5.95 Å². The van der Waals surface area contributed by atoms with Gasteiger partial charge in [-0.15, -0.1) is 0 Å². The van der Waals surface area contributed by atoms with E-state index < -0.39 is 5.60 Å². The third kappa shape index (κ3) is 3.94. The molecule has 128 valence electrons. The first-order chi connectivity index (χ1) is 11.8. The Bertz CT molecular complexity index is 935. The molecule has 3 aromatic rings. The van der Waals surface area contributed by atoms with Crippen molar-refractivity contribution >= 4 is 22.9 Å². The zero-order valence-corrected chi connectivity index (χ0v) is 14.9. The number of ether oxygens (including phenoxy) is 1. The second kappa shape index (κ2) is 6.51. The third-order valence-corrected chi connectivity index (χ3v) is 3.54. The first-order valence-electron chi connectivity index (χ1n) is 8.14. The van der Waals surface area contributed by atoms with Gasteiger partial charge in [0, 0.05) is 23.9 Å². The molecule has 5 heteroatoms. The van der Waals surface area contributed by atoms with E-state index in [1.807, 2.05) is 38.3 Å². The van der Waals surface area contributed by atoms with Crippen molar-refractivity contribution in [3.05, 3.63) is 60.1 Å². The van der Waals surface area contributed by atoms with Crippen LogP contribution in [0.3, 0.4) is 0 Å². The van der Waals surface area contributed by atoms with E-state index in [2.05, 4.69) is 28.2 Å². The van der Waals surface area contributed by atoms with Gasteiger partial charge in [-0.3, -0.25) is 4.57 Å². The van der Waals surface area contributed by atoms with Crippen molar-refractivity contribution in [2.45, 2.75) is 33.3 Å². The standard InChI is InChI=1S/C20H21N3O2/c1-14-6-7-15-13-16(8-9-18(24)25-20(2,3)4)23(17(15)12-14)19-21-10-5-11-22-19/h5-13H,1-4H3/b9-8+. The van der Waals surface area contributed by atoms with Crippen LogP contribution >= 0.6 is 0 Å². The molecule has 0 aliphatic carbocycles. The SMILES string of the molecule is Cc1ccc2cc(/C=C/C(=O)OC(C)(C)C)n(-c3ncccn3)c2c1. The van der Waals surface area contributed by atoms with Crippen LogP contribution in [0.4, 0.5) is 0 Å². The number of esters is 1. The Kier molecular flexibility index (Phi) is 4.40. The second-order valence-electron chi connectivity index (χ2n) is 6.88. The zero-order chi connectivity index (χ0) is 18.0. The highest BCUT2D eigenvalue weighted by molar-refractivity contribution is 5.90. The molecule has 2 aromatic heterocycles. The van der Waals surface area contributed by atoms with Crippen LogP contribution in [0.25, 0.3) is 22.9 Å². The van der Waals surface area contributed by atoms with E-state index in [1.165, 1.54) is 6.08 Å². The van der Waals surface area contributed by atoms with Gasteiger partial charge in [0.1, 0.15) is 5.60 Å². The molecule has 2 heterocycles. The highest BCUT2D eigenvalue weighted by Crippen LogP contribution is 2.25. The topological polar surface area (TPSA) is 57.0 Å². The molecule has 0 amide bonds. The van der Waals surface area contributed by atoms with Crippen LogP contribution < -0.4 is 0 Å². The number of carbonyl (C=O) groups excluding carboxylic acids is 1. The van der Waals surface area contributed by atoms with E-state index in [4.69, 9.17) is 4.74 Å². The van der Waals surface area contributed by atoms with E-state index in [9.17, 15) is 4.79 Å². The van der Waals surface area contributed by atoms with Gasteiger partial charge in [0.25, 0.3) is 0 Å². The first-order valence-corrected chi connectivity index (χ1v) is 8.14. The van der Waals surface area contributed by atoms with Crippen LogP contribution in [0.1, 0.15) is 32.0 Å². The second-order valence-corrected chi connectivity index (χ2v) is 6.88. The number of nitrogens with zero attached hydrogens (tertiary/aromatic N) is 3. The summed E-state index contributed by atoms with van der Waals surface area (Å²) in [5, 5.41) is 1.06. The zero-order valence-electron chi connectivity index (χ0n) is 14.9. The van der Waals surface area contributed by atoms with Crippen molar-refractivity contribution in [3.8, 4) is 5.95 Å². The summed E-state index contributed by atoms with van der Waals surface area (Å²) in [7, 11) is 0. The van der Waals surface area contributed by atoms with Crippen molar-refractivity contribution < 1.29 is 9.53 Å². The number of fused-ring (bicyclic) bond motifs is 1. The van der Waals surface area contributed by atoms with Crippen LogP contribution in [-0.4, -0.2) is 26.1 Å². The smallest absolute Gasteiger partial charge is 0.331 e. The van der Waals surface area contributed by atoms with E-state index in [-0.39, 0.29) is 5.97 Å². The fourth-order valence-corrected chi connectivity index (χ4v) is 2.57. The summed E-state index contributed by atoms with van der Waals surface area (Å²) >= 11 is 0. The molecule has 0 fully saturated rings. The van der Waals surface area contributed by atoms with Crippen molar-refractivity contribution in [1.29, 1.82) is 0 Å². The largest absolute Gasteiger partial charge is 0.457 e. The molecule has 0 saturated carbocycles. The summed E-state index contributed by atoms with van der Waals surface area (Å²) < 4.78 is 7.27. The molecule has 0 atom stereocenters. The molecule has 1 aromatic carbocycles. The number of benzene rings is 1. The predicted octanol–water partition coefficient (Wildman–Crippen LogP) is 4.08. The van der Waals surface area contributed by atoms with E-state index in [1.54, 1.807) is 24.5 Å². The molecule has 0 saturated heterocycles. The fraction of sp³-hybridized carbons (Fsp3) is 0.250. The lowest BCUT2D eigenvalue weighted by molar-refractivity contribution is -0.148. The average Bonchev–Trinajstić information content (AvgIpc) is 2.89. The average molecular weight is 335 g/mol. The molecule has 0 aliphatic rings. The molecule has 0 N–H and O–H groups in total. The first kappa shape index (κ1) is 16.9. The Labute approximate surface area is 147 Å². The van der Waals surface area contributed by atoms with E-state index in [0.717, 1.165) is 22.2 Å². The lowest BCUT2D eigenvalue weighted by Crippen LogP contribution is -2.22. The summed E-state index contributed by atoms with van der Waals surface area (Å²) in [5.41, 5.74) is 2.44. The van der Waals surface area contributed by atoms with Gasteiger partial charge in [-0.1, -0.05) is 12.1 Å². The molecular weight excluding hydrogens is 314 g/mol. The molecule has 0 unspecified atom stereocenters. The molecule has 3 rings (SSSR count). The van der Waals surface area contributed by atoms with Crippen molar-refractivity contribution in [2.75, 3.05) is 0 Å². The van der Waals surface area contributed by atoms with Gasteiger partial charge in [-0.2, -0.15) is 0 Å². The van der Waals surface area contributed by atoms with Crippen molar-refractivity contribution in [1.82, 2.24) is 14.5 Å².